The molecule has 162 valence electrons. The SMILES string of the molecule is COc1ccc(-c2nnc(SCC(=O)N(C3CCCC3)C3CCS(=O)(=O)C3)o2)cc1. The fraction of sp³-hybridized carbons (Fsp3) is 0.550. The van der Waals surface area contributed by atoms with Crippen LogP contribution in [0.1, 0.15) is 32.1 Å². The van der Waals surface area contributed by atoms with Gasteiger partial charge in [-0.2, -0.15) is 0 Å². The molecule has 1 aliphatic carbocycles. The van der Waals surface area contributed by atoms with Crippen molar-refractivity contribution < 1.29 is 22.4 Å². The topological polar surface area (TPSA) is 103 Å². The van der Waals surface area contributed by atoms with Gasteiger partial charge in [-0.3, -0.25) is 4.79 Å². The fourth-order valence-electron chi connectivity index (χ4n) is 4.20. The Kier molecular flexibility index (Phi) is 6.33. The number of thioether (sulfide) groups is 1. The van der Waals surface area contributed by atoms with Crippen molar-refractivity contribution in [3.05, 3.63) is 24.3 Å². The Labute approximate surface area is 180 Å². The minimum Gasteiger partial charge on any atom is -0.497 e. The second kappa shape index (κ2) is 8.97. The van der Waals surface area contributed by atoms with Gasteiger partial charge >= 0.3 is 0 Å². The van der Waals surface area contributed by atoms with Gasteiger partial charge in [0.2, 0.25) is 11.8 Å². The van der Waals surface area contributed by atoms with E-state index in [1.165, 1.54) is 11.8 Å². The third-order valence-electron chi connectivity index (χ3n) is 5.67. The second-order valence-electron chi connectivity index (χ2n) is 7.69. The Bertz CT molecular complexity index is 984. The van der Waals surface area contributed by atoms with Crippen LogP contribution in [0.5, 0.6) is 5.75 Å². The molecule has 2 aliphatic rings. The molecule has 0 N–H and O–H groups in total. The van der Waals surface area contributed by atoms with Gasteiger partial charge in [-0.15, -0.1) is 10.2 Å². The first-order valence-electron chi connectivity index (χ1n) is 10.1. The van der Waals surface area contributed by atoms with Gasteiger partial charge in [0.1, 0.15) is 5.75 Å². The number of sulfone groups is 1. The first kappa shape index (κ1) is 21.2. The summed E-state index contributed by atoms with van der Waals surface area (Å²) in [4.78, 5) is 14.9. The molecule has 1 unspecified atom stereocenters. The molecule has 4 rings (SSSR count). The zero-order valence-electron chi connectivity index (χ0n) is 16.8. The second-order valence-corrected chi connectivity index (χ2v) is 10.8. The number of carbonyl (C=O) groups is 1. The Morgan fingerprint density at radius 2 is 1.90 bits per heavy atom. The predicted octanol–water partition coefficient (Wildman–Crippen LogP) is 2.80. The molecule has 10 heteroatoms. The summed E-state index contributed by atoms with van der Waals surface area (Å²) in [5.74, 6) is 1.44. The van der Waals surface area contributed by atoms with Crippen LogP contribution in [0.4, 0.5) is 0 Å². The molecular formula is C20H25N3O5S2. The molecule has 0 radical (unpaired) electrons. The highest BCUT2D eigenvalue weighted by Crippen LogP contribution is 2.31. The summed E-state index contributed by atoms with van der Waals surface area (Å²) >= 11 is 1.19. The minimum absolute atomic E-state index is 0.0572. The van der Waals surface area contributed by atoms with Gasteiger partial charge in [-0.25, -0.2) is 8.42 Å². The molecule has 1 aliphatic heterocycles. The number of nitrogens with zero attached hydrogens (tertiary/aromatic N) is 3. The molecule has 1 amide bonds. The van der Waals surface area contributed by atoms with E-state index in [-0.39, 0.29) is 35.2 Å². The number of rotatable bonds is 7. The highest BCUT2D eigenvalue weighted by Gasteiger charge is 2.39. The van der Waals surface area contributed by atoms with Crippen LogP contribution in [0.3, 0.4) is 0 Å². The van der Waals surface area contributed by atoms with E-state index < -0.39 is 9.84 Å². The lowest BCUT2D eigenvalue weighted by molar-refractivity contribution is -0.132. The summed E-state index contributed by atoms with van der Waals surface area (Å²) in [6.45, 7) is 0. The molecule has 1 saturated heterocycles. The van der Waals surface area contributed by atoms with Crippen molar-refractivity contribution in [3.8, 4) is 17.2 Å². The summed E-state index contributed by atoms with van der Waals surface area (Å²) in [7, 11) is -1.45. The number of aromatic nitrogens is 2. The molecule has 1 saturated carbocycles. The largest absolute Gasteiger partial charge is 0.497 e. The number of hydrogen-bond acceptors (Lipinski definition) is 8. The molecule has 1 aromatic heterocycles. The molecule has 0 bridgehead atoms. The number of amides is 1. The summed E-state index contributed by atoms with van der Waals surface area (Å²) < 4.78 is 34.7. The lowest BCUT2D eigenvalue weighted by atomic mass is 10.1. The van der Waals surface area contributed by atoms with Crippen molar-refractivity contribution in [2.24, 2.45) is 0 Å². The predicted molar refractivity (Wildman–Crippen MR) is 113 cm³/mol. The molecular weight excluding hydrogens is 426 g/mol. The summed E-state index contributed by atoms with van der Waals surface area (Å²) in [5, 5.41) is 8.41. The number of hydrogen-bond donors (Lipinski definition) is 0. The molecule has 8 nitrogen and oxygen atoms in total. The van der Waals surface area contributed by atoms with E-state index in [1.807, 2.05) is 29.2 Å². The summed E-state index contributed by atoms with van der Waals surface area (Å²) in [6, 6.07) is 7.19. The van der Waals surface area contributed by atoms with Crippen molar-refractivity contribution in [1.82, 2.24) is 15.1 Å². The Morgan fingerprint density at radius 1 is 1.17 bits per heavy atom. The lowest BCUT2D eigenvalue weighted by Crippen LogP contribution is -2.47. The maximum atomic E-state index is 13.1. The zero-order valence-corrected chi connectivity index (χ0v) is 18.5. The van der Waals surface area contributed by atoms with Gasteiger partial charge in [0.15, 0.2) is 9.84 Å². The Morgan fingerprint density at radius 3 is 2.53 bits per heavy atom. The van der Waals surface area contributed by atoms with Crippen LogP contribution in [0.25, 0.3) is 11.5 Å². The number of carbonyl (C=O) groups excluding carboxylic acids is 1. The Balaban J connectivity index is 1.41. The van der Waals surface area contributed by atoms with Crippen molar-refractivity contribution in [2.75, 3.05) is 24.4 Å². The molecule has 2 fully saturated rings. The van der Waals surface area contributed by atoms with Crippen LogP contribution in [0.2, 0.25) is 0 Å². The van der Waals surface area contributed by atoms with E-state index >= 15 is 0 Å². The van der Waals surface area contributed by atoms with Crippen molar-refractivity contribution in [3.63, 3.8) is 0 Å². The monoisotopic (exact) mass is 451 g/mol. The van der Waals surface area contributed by atoms with Crippen LogP contribution < -0.4 is 4.74 Å². The first-order chi connectivity index (χ1) is 14.4. The standard InChI is InChI=1S/C20H25N3O5S2/c1-27-17-8-6-14(7-9-17)19-21-22-20(28-19)29-12-18(24)23(15-4-2-3-5-15)16-10-11-30(25,26)13-16/h6-9,15-16H,2-5,10-13H2,1H3. The zero-order chi connectivity index (χ0) is 21.1. The van der Waals surface area contributed by atoms with Crippen molar-refractivity contribution >= 4 is 27.5 Å². The maximum Gasteiger partial charge on any atom is 0.277 e. The van der Waals surface area contributed by atoms with Crippen LogP contribution >= 0.6 is 11.8 Å². The van der Waals surface area contributed by atoms with E-state index in [0.29, 0.717) is 17.5 Å². The van der Waals surface area contributed by atoms with Crippen molar-refractivity contribution in [1.29, 1.82) is 0 Å². The normalized spacial score (nSPS) is 21.0. The van der Waals surface area contributed by atoms with E-state index in [1.54, 1.807) is 7.11 Å². The summed E-state index contributed by atoms with van der Waals surface area (Å²) in [5.41, 5.74) is 0.769. The molecule has 30 heavy (non-hydrogen) atoms. The van der Waals surface area contributed by atoms with Crippen LogP contribution in [0.15, 0.2) is 33.9 Å². The number of methoxy groups -OCH3 is 1. The van der Waals surface area contributed by atoms with Crippen LogP contribution in [-0.4, -0.2) is 65.9 Å². The first-order valence-corrected chi connectivity index (χ1v) is 12.9. The van der Waals surface area contributed by atoms with Gasteiger partial charge in [0.25, 0.3) is 5.22 Å². The molecule has 2 heterocycles. The Hall–Kier alpha value is -2.07. The van der Waals surface area contributed by atoms with Crippen LogP contribution in [0, 0.1) is 0 Å². The summed E-state index contributed by atoms with van der Waals surface area (Å²) in [6.07, 6.45) is 4.56. The van der Waals surface area contributed by atoms with Crippen molar-refractivity contribution in [2.45, 2.75) is 49.4 Å². The van der Waals surface area contributed by atoms with E-state index in [4.69, 9.17) is 9.15 Å². The van der Waals surface area contributed by atoms with E-state index in [0.717, 1.165) is 37.0 Å². The van der Waals surface area contributed by atoms with Gasteiger partial charge in [-0.05, 0) is 43.5 Å². The lowest BCUT2D eigenvalue weighted by Gasteiger charge is -2.34. The quantitative estimate of drug-likeness (QED) is 0.592. The van der Waals surface area contributed by atoms with Crippen LogP contribution in [-0.2, 0) is 14.6 Å². The molecule has 2 aromatic rings. The highest BCUT2D eigenvalue weighted by molar-refractivity contribution is 7.99. The average Bonchev–Trinajstić information content (AvgIpc) is 3.49. The fourth-order valence-corrected chi connectivity index (χ4v) is 6.54. The number of ether oxygens (including phenoxy) is 1. The average molecular weight is 452 g/mol. The molecule has 1 aromatic carbocycles. The van der Waals surface area contributed by atoms with Gasteiger partial charge in [0, 0.05) is 17.6 Å². The highest BCUT2D eigenvalue weighted by atomic mass is 32.2. The maximum absolute atomic E-state index is 13.1. The van der Waals surface area contributed by atoms with E-state index in [2.05, 4.69) is 10.2 Å². The smallest absolute Gasteiger partial charge is 0.277 e. The third kappa shape index (κ3) is 4.80. The minimum atomic E-state index is -3.05. The van der Waals surface area contributed by atoms with E-state index in [9.17, 15) is 13.2 Å². The van der Waals surface area contributed by atoms with Gasteiger partial charge in [0.05, 0.1) is 24.4 Å². The third-order valence-corrected chi connectivity index (χ3v) is 8.22. The van der Waals surface area contributed by atoms with Gasteiger partial charge in [-0.1, -0.05) is 24.6 Å². The molecule has 1 atom stereocenters. The number of benzene rings is 1. The van der Waals surface area contributed by atoms with Gasteiger partial charge < -0.3 is 14.1 Å². The molecule has 0 spiro atoms.